The van der Waals surface area contributed by atoms with Gasteiger partial charge >= 0.3 is 0 Å². The first-order valence-corrected chi connectivity index (χ1v) is 9.98. The molecule has 4 aliphatic rings. The van der Waals surface area contributed by atoms with Crippen molar-refractivity contribution in [1.29, 1.82) is 0 Å². The van der Waals surface area contributed by atoms with Gasteiger partial charge < -0.3 is 10.1 Å². The third kappa shape index (κ3) is 2.43. The lowest BCUT2D eigenvalue weighted by Gasteiger charge is -2.34. The molecule has 1 aromatic rings. The molecule has 1 aromatic carbocycles. The van der Waals surface area contributed by atoms with Crippen LogP contribution in [0.15, 0.2) is 24.3 Å². The molecule has 5 nitrogen and oxygen atoms in total. The number of hydrogen-bond donors (Lipinski definition) is 1. The van der Waals surface area contributed by atoms with E-state index in [9.17, 15) is 9.59 Å². The first-order chi connectivity index (χ1) is 12.6. The quantitative estimate of drug-likeness (QED) is 0.908. The van der Waals surface area contributed by atoms with Gasteiger partial charge in [0.2, 0.25) is 5.91 Å². The fourth-order valence-electron chi connectivity index (χ4n) is 6.15. The van der Waals surface area contributed by atoms with E-state index in [1.165, 1.54) is 25.7 Å². The Morgan fingerprint density at radius 3 is 2.88 bits per heavy atom. The van der Waals surface area contributed by atoms with Crippen molar-refractivity contribution in [1.82, 2.24) is 5.32 Å². The normalized spacial score (nSPS) is 37.3. The molecule has 5 rings (SSSR count). The Labute approximate surface area is 154 Å². The molecule has 1 N–H and O–H groups in total. The number of carbonyl (C=O) groups excluding carboxylic acids is 2. The monoisotopic (exact) mass is 354 g/mol. The number of anilines is 1. The SMILES string of the molecule is CC1Oc2ccccc2N(CC(=O)NC2CC3CC2C2CCCC32)C1=O. The van der Waals surface area contributed by atoms with Gasteiger partial charge in [-0.25, -0.2) is 0 Å². The minimum Gasteiger partial charge on any atom is -0.479 e. The fourth-order valence-corrected chi connectivity index (χ4v) is 6.15. The van der Waals surface area contributed by atoms with Crippen LogP contribution in [-0.4, -0.2) is 30.5 Å². The highest BCUT2D eigenvalue weighted by Gasteiger charge is 2.54. The minimum absolute atomic E-state index is 0.0469. The third-order valence-corrected chi connectivity index (χ3v) is 7.15. The van der Waals surface area contributed by atoms with Crippen LogP contribution in [-0.2, 0) is 9.59 Å². The van der Waals surface area contributed by atoms with Crippen LogP contribution in [0.3, 0.4) is 0 Å². The molecule has 0 radical (unpaired) electrons. The zero-order chi connectivity index (χ0) is 17.8. The molecule has 3 fully saturated rings. The molecule has 1 aliphatic heterocycles. The predicted octanol–water partition coefficient (Wildman–Crippen LogP) is 2.74. The number of carbonyl (C=O) groups is 2. The largest absolute Gasteiger partial charge is 0.479 e. The topological polar surface area (TPSA) is 58.6 Å². The van der Waals surface area contributed by atoms with E-state index in [-0.39, 0.29) is 18.4 Å². The molecule has 138 valence electrons. The Morgan fingerprint density at radius 1 is 1.19 bits per heavy atom. The Hall–Kier alpha value is -2.04. The van der Waals surface area contributed by atoms with Crippen molar-refractivity contribution in [3.8, 4) is 5.75 Å². The summed E-state index contributed by atoms with van der Waals surface area (Å²) >= 11 is 0. The number of benzene rings is 1. The number of nitrogens with one attached hydrogen (secondary N) is 1. The lowest BCUT2D eigenvalue weighted by molar-refractivity contribution is -0.128. The summed E-state index contributed by atoms with van der Waals surface area (Å²) in [7, 11) is 0. The van der Waals surface area contributed by atoms with E-state index in [1.807, 2.05) is 24.3 Å². The maximum Gasteiger partial charge on any atom is 0.268 e. The van der Waals surface area contributed by atoms with Crippen molar-refractivity contribution < 1.29 is 14.3 Å². The number of hydrogen-bond acceptors (Lipinski definition) is 3. The highest BCUT2D eigenvalue weighted by molar-refractivity contribution is 6.03. The first kappa shape index (κ1) is 16.2. The van der Waals surface area contributed by atoms with Crippen LogP contribution in [0, 0.1) is 23.7 Å². The van der Waals surface area contributed by atoms with E-state index in [0.717, 1.165) is 24.2 Å². The summed E-state index contributed by atoms with van der Waals surface area (Å²) in [5.74, 6) is 3.68. The van der Waals surface area contributed by atoms with Gasteiger partial charge in [-0.3, -0.25) is 14.5 Å². The smallest absolute Gasteiger partial charge is 0.268 e. The van der Waals surface area contributed by atoms with Gasteiger partial charge in [0.25, 0.3) is 5.91 Å². The van der Waals surface area contributed by atoms with Crippen molar-refractivity contribution in [2.24, 2.45) is 23.7 Å². The molecule has 5 heteroatoms. The maximum absolute atomic E-state index is 12.8. The number of ether oxygens (including phenoxy) is 1. The minimum atomic E-state index is -0.556. The lowest BCUT2D eigenvalue weighted by atomic mass is 9.79. The third-order valence-electron chi connectivity index (χ3n) is 7.15. The second kappa shape index (κ2) is 6.00. The molecule has 0 aromatic heterocycles. The summed E-state index contributed by atoms with van der Waals surface area (Å²) < 4.78 is 5.65. The standard InChI is InChI=1S/C21H26N2O3/c1-12-21(25)23(18-7-2-3-8-19(18)26-12)11-20(24)22-17-10-13-9-16(17)15-6-4-5-14(13)15/h2-3,7-8,12-17H,4-6,9-11H2,1H3,(H,22,24). The average molecular weight is 354 g/mol. The second-order valence-electron chi connectivity index (χ2n) is 8.48. The number of rotatable bonds is 3. The number of fused-ring (bicyclic) bond motifs is 6. The van der Waals surface area contributed by atoms with Crippen molar-refractivity contribution in [3.63, 3.8) is 0 Å². The Kier molecular flexibility index (Phi) is 3.73. The second-order valence-corrected chi connectivity index (χ2v) is 8.48. The van der Waals surface area contributed by atoms with Gasteiger partial charge in [0.05, 0.1) is 5.69 Å². The predicted molar refractivity (Wildman–Crippen MR) is 97.9 cm³/mol. The van der Waals surface area contributed by atoms with Gasteiger partial charge in [0, 0.05) is 6.04 Å². The van der Waals surface area contributed by atoms with E-state index >= 15 is 0 Å². The number of nitrogens with zero attached hydrogens (tertiary/aromatic N) is 1. The zero-order valence-corrected chi connectivity index (χ0v) is 15.2. The summed E-state index contributed by atoms with van der Waals surface area (Å²) in [6.45, 7) is 1.81. The molecule has 2 bridgehead atoms. The Morgan fingerprint density at radius 2 is 2.00 bits per heavy atom. The molecule has 6 unspecified atom stereocenters. The fraction of sp³-hybridized carbons (Fsp3) is 0.619. The molecule has 26 heavy (non-hydrogen) atoms. The zero-order valence-electron chi connectivity index (χ0n) is 15.2. The van der Waals surface area contributed by atoms with Gasteiger partial charge in [0.1, 0.15) is 12.3 Å². The molecular formula is C21H26N2O3. The summed E-state index contributed by atoms with van der Waals surface area (Å²) in [4.78, 5) is 26.9. The Balaban J connectivity index is 1.28. The molecular weight excluding hydrogens is 328 g/mol. The van der Waals surface area contributed by atoms with Crippen LogP contribution in [0.4, 0.5) is 5.69 Å². The number of para-hydroxylation sites is 2. The van der Waals surface area contributed by atoms with Crippen molar-refractivity contribution in [2.45, 2.75) is 51.2 Å². The highest BCUT2D eigenvalue weighted by Crippen LogP contribution is 2.58. The van der Waals surface area contributed by atoms with Gasteiger partial charge in [-0.05, 0) is 68.4 Å². The summed E-state index contributed by atoms with van der Waals surface area (Å²) in [6.07, 6.45) is 5.95. The van der Waals surface area contributed by atoms with Crippen molar-refractivity contribution in [2.75, 3.05) is 11.4 Å². The molecule has 3 aliphatic carbocycles. The van der Waals surface area contributed by atoms with Gasteiger partial charge in [-0.15, -0.1) is 0 Å². The molecule has 0 spiro atoms. The summed E-state index contributed by atoms with van der Waals surface area (Å²) in [5.41, 5.74) is 0.689. The summed E-state index contributed by atoms with van der Waals surface area (Å²) in [5, 5.41) is 3.26. The highest BCUT2D eigenvalue weighted by atomic mass is 16.5. The van der Waals surface area contributed by atoms with Gasteiger partial charge in [0.15, 0.2) is 6.10 Å². The molecule has 6 atom stereocenters. The van der Waals surface area contributed by atoms with Crippen LogP contribution in [0.1, 0.15) is 39.0 Å². The molecule has 0 saturated heterocycles. The van der Waals surface area contributed by atoms with Crippen molar-refractivity contribution >= 4 is 17.5 Å². The van der Waals surface area contributed by atoms with Crippen LogP contribution >= 0.6 is 0 Å². The van der Waals surface area contributed by atoms with Crippen LogP contribution in [0.5, 0.6) is 5.75 Å². The first-order valence-electron chi connectivity index (χ1n) is 9.98. The van der Waals surface area contributed by atoms with E-state index in [2.05, 4.69) is 5.32 Å². The molecule has 2 amide bonds. The lowest BCUT2D eigenvalue weighted by Crippen LogP contribution is -2.51. The van der Waals surface area contributed by atoms with Crippen molar-refractivity contribution in [3.05, 3.63) is 24.3 Å². The molecule has 1 heterocycles. The van der Waals surface area contributed by atoms with Crippen LogP contribution in [0.2, 0.25) is 0 Å². The summed E-state index contributed by atoms with van der Waals surface area (Å²) in [6, 6.07) is 7.74. The molecule has 3 saturated carbocycles. The average Bonchev–Trinajstić information content (AvgIpc) is 3.32. The Bertz CT molecular complexity index is 749. The van der Waals surface area contributed by atoms with E-state index in [4.69, 9.17) is 4.74 Å². The van der Waals surface area contributed by atoms with E-state index in [0.29, 0.717) is 23.4 Å². The number of amides is 2. The van der Waals surface area contributed by atoms with Gasteiger partial charge in [-0.2, -0.15) is 0 Å². The maximum atomic E-state index is 12.8. The van der Waals surface area contributed by atoms with Crippen LogP contribution < -0.4 is 15.0 Å². The van der Waals surface area contributed by atoms with Crippen LogP contribution in [0.25, 0.3) is 0 Å². The van der Waals surface area contributed by atoms with Gasteiger partial charge in [-0.1, -0.05) is 18.6 Å². The van der Waals surface area contributed by atoms with E-state index in [1.54, 1.807) is 11.8 Å². The van der Waals surface area contributed by atoms with E-state index < -0.39 is 6.10 Å².